The van der Waals surface area contributed by atoms with Gasteiger partial charge in [-0.25, -0.2) is 14.6 Å². The molecule has 144 valence electrons. The van der Waals surface area contributed by atoms with Crippen molar-refractivity contribution >= 4 is 12.0 Å². The Morgan fingerprint density at radius 3 is 2.78 bits per heavy atom. The molecule has 1 aliphatic rings. The number of urea groups is 1. The van der Waals surface area contributed by atoms with Gasteiger partial charge in [0.05, 0.1) is 18.1 Å². The lowest BCUT2D eigenvalue weighted by Crippen LogP contribution is -2.44. The number of nitrogens with one attached hydrogen (secondary N) is 2. The Kier molecular flexibility index (Phi) is 5.78. The fraction of sp³-hybridized carbons (Fsp3) is 0.450. The van der Waals surface area contributed by atoms with Crippen LogP contribution in [0.4, 0.5) is 4.79 Å². The molecule has 0 spiro atoms. The SMILES string of the molecule is CC(C)Cc1cccc(C[C@H]2CN([C@@H](Cc3c[nH]cn3)C(=O)O)C(=O)N2)c1. The summed E-state index contributed by atoms with van der Waals surface area (Å²) in [5.41, 5.74) is 3.06. The molecule has 1 aliphatic heterocycles. The van der Waals surface area contributed by atoms with Gasteiger partial charge in [-0.1, -0.05) is 38.1 Å². The molecule has 1 aromatic heterocycles. The second-order valence-electron chi connectivity index (χ2n) is 7.54. The molecule has 1 saturated heterocycles. The fourth-order valence-corrected chi connectivity index (χ4v) is 3.58. The monoisotopic (exact) mass is 370 g/mol. The number of aromatic nitrogens is 2. The fourth-order valence-electron chi connectivity index (χ4n) is 3.58. The molecule has 0 unspecified atom stereocenters. The Bertz CT molecular complexity index is 788. The quantitative estimate of drug-likeness (QED) is 0.664. The van der Waals surface area contributed by atoms with Crippen molar-refractivity contribution < 1.29 is 14.7 Å². The summed E-state index contributed by atoms with van der Waals surface area (Å²) in [6.45, 7) is 4.74. The highest BCUT2D eigenvalue weighted by molar-refractivity contribution is 5.84. The summed E-state index contributed by atoms with van der Waals surface area (Å²) in [5.74, 6) is -0.437. The molecule has 3 N–H and O–H groups in total. The maximum atomic E-state index is 12.4. The normalized spacial score (nSPS) is 18.0. The van der Waals surface area contributed by atoms with Crippen molar-refractivity contribution in [3.05, 3.63) is 53.6 Å². The van der Waals surface area contributed by atoms with Crippen molar-refractivity contribution in [1.29, 1.82) is 0 Å². The molecule has 1 fully saturated rings. The first-order chi connectivity index (χ1) is 12.9. The molecule has 0 saturated carbocycles. The van der Waals surface area contributed by atoms with E-state index in [0.29, 0.717) is 24.6 Å². The highest BCUT2D eigenvalue weighted by atomic mass is 16.4. The molecule has 27 heavy (non-hydrogen) atoms. The highest BCUT2D eigenvalue weighted by Gasteiger charge is 2.37. The largest absolute Gasteiger partial charge is 0.480 e. The number of carbonyl (C=O) groups is 2. The van der Waals surface area contributed by atoms with Crippen molar-refractivity contribution in [2.24, 2.45) is 5.92 Å². The van der Waals surface area contributed by atoms with Crippen LogP contribution in [0.1, 0.15) is 30.7 Å². The number of benzene rings is 1. The van der Waals surface area contributed by atoms with Gasteiger partial charge in [0.25, 0.3) is 0 Å². The molecule has 0 aliphatic carbocycles. The average molecular weight is 370 g/mol. The van der Waals surface area contributed by atoms with Gasteiger partial charge in [-0.15, -0.1) is 0 Å². The summed E-state index contributed by atoms with van der Waals surface area (Å²) in [7, 11) is 0. The summed E-state index contributed by atoms with van der Waals surface area (Å²) in [6, 6.07) is 7.02. The molecule has 1 aromatic carbocycles. The number of rotatable bonds is 8. The number of carboxylic acids is 1. The van der Waals surface area contributed by atoms with Crippen LogP contribution < -0.4 is 5.32 Å². The molecule has 7 heteroatoms. The van der Waals surface area contributed by atoms with E-state index in [2.05, 4.69) is 47.3 Å². The topological polar surface area (TPSA) is 98.3 Å². The van der Waals surface area contributed by atoms with Crippen molar-refractivity contribution in [2.45, 2.75) is 45.2 Å². The summed E-state index contributed by atoms with van der Waals surface area (Å²) < 4.78 is 0. The maximum Gasteiger partial charge on any atom is 0.326 e. The molecule has 2 heterocycles. The van der Waals surface area contributed by atoms with Gasteiger partial charge in [-0.3, -0.25) is 0 Å². The third-order valence-electron chi connectivity index (χ3n) is 4.74. The average Bonchev–Trinajstić information content (AvgIpc) is 3.22. The molecule has 3 rings (SSSR count). The van der Waals surface area contributed by atoms with E-state index in [1.165, 1.54) is 16.8 Å². The standard InChI is InChI=1S/C20H26N4O3/c1-13(2)6-14-4-3-5-15(7-14)8-17-11-24(20(27)23-17)18(19(25)26)9-16-10-21-12-22-16/h3-5,7,10,12-13,17-18H,6,8-9,11H2,1-2H3,(H,21,22)(H,23,27)(H,25,26)/t17-,18-/m0/s1. The number of nitrogens with zero attached hydrogens (tertiary/aromatic N) is 2. The first kappa shape index (κ1) is 18.9. The van der Waals surface area contributed by atoms with E-state index in [0.717, 1.165) is 12.0 Å². The number of carbonyl (C=O) groups excluding carboxylic acids is 1. The molecular formula is C20H26N4O3. The van der Waals surface area contributed by atoms with Crippen molar-refractivity contribution in [1.82, 2.24) is 20.2 Å². The minimum atomic E-state index is -1.02. The first-order valence-corrected chi connectivity index (χ1v) is 9.27. The number of hydrogen-bond donors (Lipinski definition) is 3. The number of carboxylic acid groups (broad SMARTS) is 1. The van der Waals surface area contributed by atoms with Crippen molar-refractivity contribution in [3.63, 3.8) is 0 Å². The van der Waals surface area contributed by atoms with Crippen LogP contribution in [-0.4, -0.2) is 50.6 Å². The maximum absolute atomic E-state index is 12.4. The third-order valence-corrected chi connectivity index (χ3v) is 4.74. The first-order valence-electron chi connectivity index (χ1n) is 9.27. The van der Waals surface area contributed by atoms with E-state index in [4.69, 9.17) is 0 Å². The second kappa shape index (κ2) is 8.24. The van der Waals surface area contributed by atoms with E-state index in [1.807, 2.05) is 6.07 Å². The Hall–Kier alpha value is -2.83. The van der Waals surface area contributed by atoms with Crippen LogP contribution in [0.5, 0.6) is 0 Å². The Morgan fingerprint density at radius 1 is 1.33 bits per heavy atom. The van der Waals surface area contributed by atoms with E-state index >= 15 is 0 Å². The molecule has 0 radical (unpaired) electrons. The minimum Gasteiger partial charge on any atom is -0.480 e. The third kappa shape index (κ3) is 4.87. The lowest BCUT2D eigenvalue weighted by atomic mass is 9.98. The van der Waals surface area contributed by atoms with Crippen LogP contribution in [0, 0.1) is 5.92 Å². The summed E-state index contributed by atoms with van der Waals surface area (Å²) in [5, 5.41) is 12.5. The summed E-state index contributed by atoms with van der Waals surface area (Å²) >= 11 is 0. The molecular weight excluding hydrogens is 344 g/mol. The molecule has 2 aromatic rings. The van der Waals surface area contributed by atoms with Crippen LogP contribution in [0.2, 0.25) is 0 Å². The number of H-pyrrole nitrogens is 1. The van der Waals surface area contributed by atoms with Crippen LogP contribution in [0.25, 0.3) is 0 Å². The van der Waals surface area contributed by atoms with Gasteiger partial charge in [0.2, 0.25) is 0 Å². The van der Waals surface area contributed by atoms with E-state index in [1.54, 1.807) is 6.20 Å². The van der Waals surface area contributed by atoms with Crippen LogP contribution in [0.15, 0.2) is 36.8 Å². The summed E-state index contributed by atoms with van der Waals surface area (Å²) in [6.07, 6.45) is 5.04. The van der Waals surface area contributed by atoms with E-state index < -0.39 is 12.0 Å². The molecule has 2 amide bonds. The highest BCUT2D eigenvalue weighted by Crippen LogP contribution is 2.18. The smallest absolute Gasteiger partial charge is 0.326 e. The lowest BCUT2D eigenvalue weighted by Gasteiger charge is -2.22. The Balaban J connectivity index is 1.66. The van der Waals surface area contributed by atoms with Crippen LogP contribution in [-0.2, 0) is 24.1 Å². The summed E-state index contributed by atoms with van der Waals surface area (Å²) in [4.78, 5) is 32.4. The van der Waals surface area contributed by atoms with Crippen LogP contribution >= 0.6 is 0 Å². The van der Waals surface area contributed by atoms with Gasteiger partial charge >= 0.3 is 12.0 Å². The van der Waals surface area contributed by atoms with Crippen molar-refractivity contribution in [2.75, 3.05) is 6.54 Å². The van der Waals surface area contributed by atoms with Gasteiger partial charge in [-0.2, -0.15) is 0 Å². The molecule has 7 nitrogen and oxygen atoms in total. The Labute approximate surface area is 158 Å². The zero-order chi connectivity index (χ0) is 19.4. The minimum absolute atomic E-state index is 0.104. The predicted octanol–water partition coefficient (Wildman–Crippen LogP) is 2.24. The van der Waals surface area contributed by atoms with E-state index in [-0.39, 0.29) is 18.5 Å². The van der Waals surface area contributed by atoms with E-state index in [9.17, 15) is 14.7 Å². The second-order valence-corrected chi connectivity index (χ2v) is 7.54. The molecule has 0 bridgehead atoms. The van der Waals surface area contributed by atoms with Gasteiger partial charge in [0.1, 0.15) is 6.04 Å². The predicted molar refractivity (Wildman–Crippen MR) is 101 cm³/mol. The van der Waals surface area contributed by atoms with Gasteiger partial charge in [0, 0.05) is 19.2 Å². The van der Waals surface area contributed by atoms with Crippen molar-refractivity contribution in [3.8, 4) is 0 Å². The number of aliphatic carboxylic acids is 1. The number of aromatic amines is 1. The zero-order valence-corrected chi connectivity index (χ0v) is 15.7. The zero-order valence-electron chi connectivity index (χ0n) is 15.7. The number of amides is 2. The van der Waals surface area contributed by atoms with Crippen LogP contribution in [0.3, 0.4) is 0 Å². The Morgan fingerprint density at radius 2 is 2.11 bits per heavy atom. The molecule has 2 atom stereocenters. The lowest BCUT2D eigenvalue weighted by molar-refractivity contribution is -0.142. The van der Waals surface area contributed by atoms with Gasteiger partial charge in [-0.05, 0) is 29.9 Å². The number of hydrogen-bond acceptors (Lipinski definition) is 3. The number of imidazole rings is 1. The van der Waals surface area contributed by atoms with Gasteiger partial charge in [0.15, 0.2) is 0 Å². The van der Waals surface area contributed by atoms with Gasteiger partial charge < -0.3 is 20.3 Å².